The lowest BCUT2D eigenvalue weighted by atomic mass is 10.2. The number of nitrogens with zero attached hydrogens (tertiary/aromatic N) is 2. The van der Waals surface area contributed by atoms with E-state index in [1.54, 1.807) is 7.05 Å². The zero-order valence-electron chi connectivity index (χ0n) is 12.7. The van der Waals surface area contributed by atoms with E-state index >= 15 is 0 Å². The fourth-order valence-corrected chi connectivity index (χ4v) is 4.03. The quantitative estimate of drug-likeness (QED) is 0.863. The van der Waals surface area contributed by atoms with Crippen molar-refractivity contribution in [2.75, 3.05) is 33.4 Å². The average molecular weight is 324 g/mol. The van der Waals surface area contributed by atoms with E-state index in [4.69, 9.17) is 9.15 Å². The molecule has 0 radical (unpaired) electrons. The molecule has 0 saturated carbocycles. The van der Waals surface area contributed by atoms with Crippen LogP contribution in [0, 0.1) is 0 Å². The molecule has 0 N–H and O–H groups in total. The van der Waals surface area contributed by atoms with E-state index in [0.717, 1.165) is 11.0 Å². The molecule has 0 bridgehead atoms. The third-order valence-electron chi connectivity index (χ3n) is 4.06. The Morgan fingerprint density at radius 3 is 2.59 bits per heavy atom. The topological polar surface area (TPSA) is 63.0 Å². The van der Waals surface area contributed by atoms with Crippen LogP contribution in [0.1, 0.15) is 18.7 Å². The first-order valence-corrected chi connectivity index (χ1v) is 8.69. The van der Waals surface area contributed by atoms with E-state index in [1.165, 1.54) is 8.61 Å². The fourth-order valence-electron chi connectivity index (χ4n) is 2.55. The van der Waals surface area contributed by atoms with Crippen LogP contribution in [0.3, 0.4) is 0 Å². The highest BCUT2D eigenvalue weighted by Crippen LogP contribution is 2.29. The van der Waals surface area contributed by atoms with E-state index in [9.17, 15) is 8.42 Å². The first-order valence-electron chi connectivity index (χ1n) is 7.29. The molecule has 7 heteroatoms. The van der Waals surface area contributed by atoms with Crippen molar-refractivity contribution in [2.45, 2.75) is 13.0 Å². The van der Waals surface area contributed by atoms with Crippen LogP contribution < -0.4 is 0 Å². The van der Waals surface area contributed by atoms with E-state index < -0.39 is 10.2 Å². The monoisotopic (exact) mass is 324 g/mol. The van der Waals surface area contributed by atoms with Crippen molar-refractivity contribution in [3.63, 3.8) is 0 Å². The summed E-state index contributed by atoms with van der Waals surface area (Å²) in [7, 11) is -1.93. The standard InChI is InChI=1S/C15H20N2O4S/c1-12(15-11-13-5-3-4-6-14(13)21-15)16(2)22(18,19)17-7-9-20-10-8-17/h3-6,11-12H,7-10H2,1-2H3/t12-/m0/s1. The minimum absolute atomic E-state index is 0.375. The molecule has 0 aliphatic carbocycles. The Morgan fingerprint density at radius 2 is 1.91 bits per heavy atom. The summed E-state index contributed by atoms with van der Waals surface area (Å²) in [5.41, 5.74) is 0.765. The molecule has 0 amide bonds. The second-order valence-corrected chi connectivity index (χ2v) is 7.39. The number of fused-ring (bicyclic) bond motifs is 1. The molecule has 0 spiro atoms. The Hall–Kier alpha value is -1.41. The molecule has 120 valence electrons. The maximum Gasteiger partial charge on any atom is 0.282 e. The van der Waals surface area contributed by atoms with Gasteiger partial charge in [0.2, 0.25) is 0 Å². The predicted molar refractivity (Wildman–Crippen MR) is 83.7 cm³/mol. The lowest BCUT2D eigenvalue weighted by Gasteiger charge is -2.32. The summed E-state index contributed by atoms with van der Waals surface area (Å²) in [6, 6.07) is 9.17. The Bertz CT molecular complexity index is 717. The van der Waals surface area contributed by atoms with Crippen LogP contribution in [-0.2, 0) is 14.9 Å². The molecule has 1 aromatic carbocycles. The molecule has 3 rings (SSSR count). The highest BCUT2D eigenvalue weighted by molar-refractivity contribution is 7.86. The van der Waals surface area contributed by atoms with Gasteiger partial charge in [0.25, 0.3) is 10.2 Å². The molecular weight excluding hydrogens is 304 g/mol. The number of rotatable bonds is 4. The zero-order valence-corrected chi connectivity index (χ0v) is 13.5. The highest BCUT2D eigenvalue weighted by atomic mass is 32.2. The van der Waals surface area contributed by atoms with Crippen molar-refractivity contribution in [3.05, 3.63) is 36.1 Å². The Morgan fingerprint density at radius 1 is 1.23 bits per heavy atom. The van der Waals surface area contributed by atoms with E-state index in [2.05, 4.69) is 0 Å². The third kappa shape index (κ3) is 2.77. The SMILES string of the molecule is C[C@@H](c1cc2ccccc2o1)N(C)S(=O)(=O)N1CCOCC1. The van der Waals surface area contributed by atoms with Gasteiger partial charge in [-0.25, -0.2) is 0 Å². The van der Waals surface area contributed by atoms with Crippen LogP contribution in [0.15, 0.2) is 34.7 Å². The van der Waals surface area contributed by atoms with Crippen molar-refractivity contribution in [2.24, 2.45) is 0 Å². The van der Waals surface area contributed by atoms with Crippen LogP contribution in [-0.4, -0.2) is 50.4 Å². The number of para-hydroxylation sites is 1. The zero-order chi connectivity index (χ0) is 15.7. The normalized spacial score (nSPS) is 18.9. The van der Waals surface area contributed by atoms with Crippen LogP contribution >= 0.6 is 0 Å². The summed E-state index contributed by atoms with van der Waals surface area (Å²) < 4.78 is 39.2. The van der Waals surface area contributed by atoms with Crippen molar-refractivity contribution in [1.29, 1.82) is 0 Å². The summed E-state index contributed by atoms with van der Waals surface area (Å²) >= 11 is 0. The van der Waals surface area contributed by atoms with Gasteiger partial charge in [-0.2, -0.15) is 17.0 Å². The Kier molecular flexibility index (Phi) is 4.22. The van der Waals surface area contributed by atoms with Crippen LogP contribution in [0.4, 0.5) is 0 Å². The molecule has 1 aliphatic heterocycles. The molecule has 6 nitrogen and oxygen atoms in total. The van der Waals surface area contributed by atoms with Gasteiger partial charge in [0, 0.05) is 25.5 Å². The lowest BCUT2D eigenvalue weighted by Crippen LogP contribution is -2.47. The van der Waals surface area contributed by atoms with Gasteiger partial charge >= 0.3 is 0 Å². The molecular formula is C15H20N2O4S. The van der Waals surface area contributed by atoms with E-state index in [-0.39, 0.29) is 6.04 Å². The predicted octanol–water partition coefficient (Wildman–Crippen LogP) is 2.00. The second kappa shape index (κ2) is 6.00. The van der Waals surface area contributed by atoms with Gasteiger partial charge in [0.15, 0.2) is 0 Å². The second-order valence-electron chi connectivity index (χ2n) is 5.40. The number of hydrogen-bond donors (Lipinski definition) is 0. The summed E-state index contributed by atoms with van der Waals surface area (Å²) in [5.74, 6) is 0.639. The largest absolute Gasteiger partial charge is 0.459 e. The van der Waals surface area contributed by atoms with Gasteiger partial charge < -0.3 is 9.15 Å². The summed E-state index contributed by atoms with van der Waals surface area (Å²) in [5, 5.41) is 0.974. The summed E-state index contributed by atoms with van der Waals surface area (Å²) in [6.07, 6.45) is 0. The third-order valence-corrected chi connectivity index (χ3v) is 6.12. The highest BCUT2D eigenvalue weighted by Gasteiger charge is 2.33. The van der Waals surface area contributed by atoms with Crippen LogP contribution in [0.5, 0.6) is 0 Å². The lowest BCUT2D eigenvalue weighted by molar-refractivity contribution is 0.0698. The van der Waals surface area contributed by atoms with Crippen LogP contribution in [0.2, 0.25) is 0 Å². The molecule has 1 atom stereocenters. The first kappa shape index (κ1) is 15.5. The van der Waals surface area contributed by atoms with Crippen LogP contribution in [0.25, 0.3) is 11.0 Å². The van der Waals surface area contributed by atoms with Gasteiger partial charge in [0.05, 0.1) is 19.3 Å². The Balaban J connectivity index is 1.85. The molecule has 0 unspecified atom stereocenters. The van der Waals surface area contributed by atoms with E-state index in [1.807, 2.05) is 37.3 Å². The van der Waals surface area contributed by atoms with Crippen molar-refractivity contribution in [3.8, 4) is 0 Å². The molecule has 2 heterocycles. The summed E-state index contributed by atoms with van der Waals surface area (Å²) in [4.78, 5) is 0. The van der Waals surface area contributed by atoms with Crippen molar-refractivity contribution in [1.82, 2.24) is 8.61 Å². The Labute approximate surface area is 130 Å². The number of morpholine rings is 1. The van der Waals surface area contributed by atoms with Crippen molar-refractivity contribution < 1.29 is 17.6 Å². The van der Waals surface area contributed by atoms with Gasteiger partial charge in [-0.3, -0.25) is 0 Å². The van der Waals surface area contributed by atoms with Gasteiger partial charge in [-0.1, -0.05) is 18.2 Å². The molecule has 2 aromatic rings. The number of ether oxygens (including phenoxy) is 1. The molecule has 1 aliphatic rings. The number of hydrogen-bond acceptors (Lipinski definition) is 4. The maximum atomic E-state index is 12.7. The first-order chi connectivity index (χ1) is 10.5. The average Bonchev–Trinajstić information content (AvgIpc) is 2.98. The maximum absolute atomic E-state index is 12.7. The molecule has 1 saturated heterocycles. The van der Waals surface area contributed by atoms with Crippen molar-refractivity contribution >= 4 is 21.2 Å². The van der Waals surface area contributed by atoms with Gasteiger partial charge in [0.1, 0.15) is 11.3 Å². The minimum Gasteiger partial charge on any atom is -0.459 e. The van der Waals surface area contributed by atoms with Gasteiger partial charge in [-0.05, 0) is 19.1 Å². The number of benzene rings is 1. The molecule has 1 aromatic heterocycles. The minimum atomic E-state index is -3.52. The van der Waals surface area contributed by atoms with Gasteiger partial charge in [-0.15, -0.1) is 0 Å². The smallest absolute Gasteiger partial charge is 0.282 e. The molecule has 22 heavy (non-hydrogen) atoms. The van der Waals surface area contributed by atoms with E-state index in [0.29, 0.717) is 32.1 Å². The molecule has 1 fully saturated rings. The number of furan rings is 1. The summed E-state index contributed by atoms with van der Waals surface area (Å²) in [6.45, 7) is 3.48. The fraction of sp³-hybridized carbons (Fsp3) is 0.467.